The van der Waals surface area contributed by atoms with Crippen LogP contribution < -0.4 is 0 Å². The first-order valence-electron chi connectivity index (χ1n) is 7.75. The van der Waals surface area contributed by atoms with Crippen molar-refractivity contribution in [2.24, 2.45) is 0 Å². The monoisotopic (exact) mass is 364 g/mol. The number of benzene rings is 1. The number of hydrogen-bond donors (Lipinski definition) is 0. The van der Waals surface area contributed by atoms with Crippen LogP contribution in [0.2, 0.25) is 0 Å². The van der Waals surface area contributed by atoms with E-state index in [1.807, 2.05) is 0 Å². The Labute approximate surface area is 150 Å². The minimum absolute atomic E-state index is 0.0598. The molecule has 0 aliphatic heterocycles. The molecule has 0 amide bonds. The lowest BCUT2D eigenvalue weighted by Crippen LogP contribution is -2.39. The third kappa shape index (κ3) is 5.49. The third-order valence-electron chi connectivity index (χ3n) is 3.47. The van der Waals surface area contributed by atoms with E-state index in [0.29, 0.717) is 6.61 Å². The summed E-state index contributed by atoms with van der Waals surface area (Å²) in [5.41, 5.74) is -2.54. The smallest absolute Gasteiger partial charge is 0.339 e. The molecule has 140 valence electrons. The predicted molar refractivity (Wildman–Crippen MR) is 94.0 cm³/mol. The molecule has 0 fully saturated rings. The summed E-state index contributed by atoms with van der Waals surface area (Å²) in [6.45, 7) is 9.48. The number of nitrogens with zero attached hydrogens (tertiary/aromatic N) is 2. The van der Waals surface area contributed by atoms with Crippen LogP contribution in [0, 0.1) is 20.2 Å². The molecule has 0 aromatic heterocycles. The molecule has 0 radical (unpaired) electrons. The summed E-state index contributed by atoms with van der Waals surface area (Å²) in [6, 6.07) is 2.64. The van der Waals surface area contributed by atoms with Gasteiger partial charge in [-0.1, -0.05) is 12.2 Å². The standard InChI is InChI=1S/C17H20N2O7/c1-4-7-17(8-5-2,12-25-6-3)26-16(20)13-9-14(18(21)22)11-15(10-13)19(23)24/h4-5,9-11H,1-2,6-8,12H2,3H3. The maximum absolute atomic E-state index is 12.5. The molecule has 0 bridgehead atoms. The molecule has 0 unspecified atom stereocenters. The van der Waals surface area contributed by atoms with Gasteiger partial charge in [-0.3, -0.25) is 20.2 Å². The van der Waals surface area contributed by atoms with Crippen molar-refractivity contribution in [1.29, 1.82) is 0 Å². The first kappa shape index (κ1) is 21.0. The van der Waals surface area contributed by atoms with E-state index in [4.69, 9.17) is 9.47 Å². The van der Waals surface area contributed by atoms with Crippen LogP contribution >= 0.6 is 0 Å². The van der Waals surface area contributed by atoms with Crippen LogP contribution in [-0.4, -0.2) is 34.6 Å². The van der Waals surface area contributed by atoms with E-state index in [-0.39, 0.29) is 25.0 Å². The molecule has 26 heavy (non-hydrogen) atoms. The van der Waals surface area contributed by atoms with Crippen molar-refractivity contribution in [3.05, 3.63) is 69.3 Å². The van der Waals surface area contributed by atoms with Crippen LogP contribution in [0.5, 0.6) is 0 Å². The fourth-order valence-electron chi connectivity index (χ4n) is 2.31. The molecule has 1 rings (SSSR count). The van der Waals surface area contributed by atoms with Crippen LogP contribution in [-0.2, 0) is 9.47 Å². The predicted octanol–water partition coefficient (Wildman–Crippen LogP) is 3.59. The molecule has 0 N–H and O–H groups in total. The van der Waals surface area contributed by atoms with E-state index in [9.17, 15) is 25.0 Å². The highest BCUT2D eigenvalue weighted by atomic mass is 16.6. The van der Waals surface area contributed by atoms with E-state index >= 15 is 0 Å². The Morgan fingerprint density at radius 2 is 1.62 bits per heavy atom. The van der Waals surface area contributed by atoms with Crippen LogP contribution in [0.15, 0.2) is 43.5 Å². The van der Waals surface area contributed by atoms with Gasteiger partial charge in [-0.05, 0) is 6.92 Å². The summed E-state index contributed by atoms with van der Waals surface area (Å²) in [7, 11) is 0. The molecule has 0 spiro atoms. The van der Waals surface area contributed by atoms with Gasteiger partial charge in [0.2, 0.25) is 0 Å². The molecule has 9 heteroatoms. The number of carbonyl (C=O) groups is 1. The number of ether oxygens (including phenoxy) is 2. The summed E-state index contributed by atoms with van der Waals surface area (Å²) in [6.07, 6.45) is 3.60. The summed E-state index contributed by atoms with van der Waals surface area (Å²) < 4.78 is 10.9. The first-order chi connectivity index (χ1) is 12.3. The normalized spacial score (nSPS) is 10.8. The van der Waals surface area contributed by atoms with Crippen molar-refractivity contribution in [2.75, 3.05) is 13.2 Å². The maximum atomic E-state index is 12.5. The molecule has 0 aliphatic carbocycles. The van der Waals surface area contributed by atoms with E-state index in [0.717, 1.165) is 18.2 Å². The van der Waals surface area contributed by atoms with Crippen molar-refractivity contribution in [2.45, 2.75) is 25.4 Å². The van der Waals surface area contributed by atoms with E-state index in [2.05, 4.69) is 13.2 Å². The fraction of sp³-hybridized carbons (Fsp3) is 0.353. The molecule has 0 atom stereocenters. The second-order valence-corrected chi connectivity index (χ2v) is 5.45. The highest BCUT2D eigenvalue weighted by molar-refractivity contribution is 5.91. The van der Waals surface area contributed by atoms with Gasteiger partial charge in [-0.25, -0.2) is 4.79 Å². The van der Waals surface area contributed by atoms with E-state index < -0.39 is 32.8 Å². The number of carbonyl (C=O) groups excluding carboxylic acids is 1. The largest absolute Gasteiger partial charge is 0.452 e. The quantitative estimate of drug-likeness (QED) is 0.254. The molecule has 0 heterocycles. The van der Waals surface area contributed by atoms with Gasteiger partial charge < -0.3 is 9.47 Å². The minimum Gasteiger partial charge on any atom is -0.452 e. The number of esters is 1. The third-order valence-corrected chi connectivity index (χ3v) is 3.47. The van der Waals surface area contributed by atoms with Gasteiger partial charge in [-0.15, -0.1) is 13.2 Å². The fourth-order valence-corrected chi connectivity index (χ4v) is 2.31. The number of non-ortho nitro benzene ring substituents is 2. The Bertz CT molecular complexity index is 673. The first-order valence-corrected chi connectivity index (χ1v) is 7.75. The van der Waals surface area contributed by atoms with E-state index in [1.54, 1.807) is 19.1 Å². The summed E-state index contributed by atoms with van der Waals surface area (Å²) >= 11 is 0. The Morgan fingerprint density at radius 1 is 1.12 bits per heavy atom. The summed E-state index contributed by atoms with van der Waals surface area (Å²) in [5.74, 6) is -0.930. The zero-order valence-electron chi connectivity index (χ0n) is 14.4. The molecule has 0 aliphatic rings. The van der Waals surface area contributed by atoms with Crippen LogP contribution in [0.1, 0.15) is 30.1 Å². The highest BCUT2D eigenvalue weighted by Gasteiger charge is 2.34. The van der Waals surface area contributed by atoms with Crippen LogP contribution in [0.25, 0.3) is 0 Å². The highest BCUT2D eigenvalue weighted by Crippen LogP contribution is 2.28. The number of nitro benzene ring substituents is 2. The number of hydrogen-bond acceptors (Lipinski definition) is 7. The van der Waals surface area contributed by atoms with Gasteiger partial charge >= 0.3 is 5.97 Å². The zero-order valence-corrected chi connectivity index (χ0v) is 14.4. The van der Waals surface area contributed by atoms with Gasteiger partial charge in [0.25, 0.3) is 11.4 Å². The SMILES string of the molecule is C=CCC(CC=C)(COCC)OC(=O)c1cc([N+](=O)[O-])cc([N+](=O)[O-])c1. The molecule has 0 saturated heterocycles. The summed E-state index contributed by atoms with van der Waals surface area (Å²) in [4.78, 5) is 32.8. The zero-order chi connectivity index (χ0) is 19.7. The molecule has 0 saturated carbocycles. The number of rotatable bonds is 11. The van der Waals surface area contributed by atoms with Crippen molar-refractivity contribution in [3.63, 3.8) is 0 Å². The lowest BCUT2D eigenvalue weighted by atomic mass is 9.96. The lowest BCUT2D eigenvalue weighted by Gasteiger charge is -2.31. The number of nitro groups is 2. The van der Waals surface area contributed by atoms with Gasteiger partial charge in [0.15, 0.2) is 0 Å². The van der Waals surface area contributed by atoms with E-state index in [1.165, 1.54) is 0 Å². The average Bonchev–Trinajstić information content (AvgIpc) is 2.59. The molecule has 9 nitrogen and oxygen atoms in total. The molecular weight excluding hydrogens is 344 g/mol. The molecule has 1 aromatic rings. The van der Waals surface area contributed by atoms with Crippen molar-refractivity contribution in [3.8, 4) is 0 Å². The average molecular weight is 364 g/mol. The van der Waals surface area contributed by atoms with Crippen LogP contribution in [0.4, 0.5) is 11.4 Å². The Hall–Kier alpha value is -3.07. The topological polar surface area (TPSA) is 122 Å². The molecular formula is C17H20N2O7. The van der Waals surface area contributed by atoms with Gasteiger partial charge in [0.1, 0.15) is 5.60 Å². The second-order valence-electron chi connectivity index (χ2n) is 5.45. The minimum atomic E-state index is -1.10. The second kappa shape index (κ2) is 9.42. The van der Waals surface area contributed by atoms with Crippen molar-refractivity contribution < 1.29 is 24.1 Å². The van der Waals surface area contributed by atoms with Crippen molar-refractivity contribution in [1.82, 2.24) is 0 Å². The Morgan fingerprint density at radius 3 is 2.00 bits per heavy atom. The Balaban J connectivity index is 3.26. The van der Waals surface area contributed by atoms with Gasteiger partial charge in [0, 0.05) is 31.6 Å². The van der Waals surface area contributed by atoms with Crippen molar-refractivity contribution >= 4 is 17.3 Å². The van der Waals surface area contributed by atoms with Crippen LogP contribution in [0.3, 0.4) is 0 Å². The Kier molecular flexibility index (Phi) is 7.60. The lowest BCUT2D eigenvalue weighted by molar-refractivity contribution is -0.394. The summed E-state index contributed by atoms with van der Waals surface area (Å²) in [5, 5.41) is 21.9. The molecule has 1 aromatic carbocycles. The maximum Gasteiger partial charge on any atom is 0.339 e. The van der Waals surface area contributed by atoms with Gasteiger partial charge in [0.05, 0.1) is 28.1 Å². The van der Waals surface area contributed by atoms with Gasteiger partial charge in [-0.2, -0.15) is 0 Å².